The Hall–Kier alpha value is -1.87. The van der Waals surface area contributed by atoms with Gasteiger partial charge < -0.3 is 10.4 Å². The van der Waals surface area contributed by atoms with E-state index in [1.807, 2.05) is 25.1 Å². The zero-order chi connectivity index (χ0) is 13.0. The van der Waals surface area contributed by atoms with Crippen molar-refractivity contribution in [3.8, 4) is 5.75 Å². The molecule has 0 spiro atoms. The Labute approximate surface area is 106 Å². The SMILES string of the molecule is CC(NCc1cccc(F)c1)c1ccccc1O. The molecule has 2 aromatic rings. The summed E-state index contributed by atoms with van der Waals surface area (Å²) < 4.78 is 13.0. The molecule has 2 aromatic carbocycles. The van der Waals surface area contributed by atoms with E-state index in [9.17, 15) is 9.50 Å². The van der Waals surface area contributed by atoms with E-state index in [4.69, 9.17) is 0 Å². The summed E-state index contributed by atoms with van der Waals surface area (Å²) in [5.41, 5.74) is 1.73. The number of halogens is 1. The van der Waals surface area contributed by atoms with Gasteiger partial charge in [-0.25, -0.2) is 4.39 Å². The van der Waals surface area contributed by atoms with Crippen molar-refractivity contribution >= 4 is 0 Å². The number of hydrogen-bond acceptors (Lipinski definition) is 2. The van der Waals surface area contributed by atoms with E-state index in [1.54, 1.807) is 18.2 Å². The van der Waals surface area contributed by atoms with Crippen LogP contribution in [-0.4, -0.2) is 5.11 Å². The van der Waals surface area contributed by atoms with Crippen LogP contribution in [0.2, 0.25) is 0 Å². The quantitative estimate of drug-likeness (QED) is 0.865. The largest absolute Gasteiger partial charge is 0.508 e. The first kappa shape index (κ1) is 12.6. The number of para-hydroxylation sites is 1. The predicted molar refractivity (Wildman–Crippen MR) is 69.8 cm³/mol. The molecule has 2 N–H and O–H groups in total. The topological polar surface area (TPSA) is 32.3 Å². The summed E-state index contributed by atoms with van der Waals surface area (Å²) in [6, 6.07) is 13.7. The number of hydrogen-bond donors (Lipinski definition) is 2. The highest BCUT2D eigenvalue weighted by molar-refractivity contribution is 5.34. The number of nitrogens with one attached hydrogen (secondary N) is 1. The van der Waals surface area contributed by atoms with Gasteiger partial charge in [0, 0.05) is 18.2 Å². The van der Waals surface area contributed by atoms with Crippen LogP contribution in [0, 0.1) is 5.82 Å². The molecule has 0 aliphatic rings. The molecule has 1 unspecified atom stereocenters. The van der Waals surface area contributed by atoms with Crippen molar-refractivity contribution in [3.05, 3.63) is 65.5 Å². The maximum atomic E-state index is 13.0. The monoisotopic (exact) mass is 245 g/mol. The second kappa shape index (κ2) is 5.65. The van der Waals surface area contributed by atoms with Gasteiger partial charge in [0.25, 0.3) is 0 Å². The molecule has 0 bridgehead atoms. The van der Waals surface area contributed by atoms with E-state index >= 15 is 0 Å². The lowest BCUT2D eigenvalue weighted by atomic mass is 10.1. The van der Waals surface area contributed by atoms with Crippen LogP contribution in [0.5, 0.6) is 5.75 Å². The van der Waals surface area contributed by atoms with Gasteiger partial charge in [-0.05, 0) is 30.7 Å². The molecule has 2 nitrogen and oxygen atoms in total. The van der Waals surface area contributed by atoms with Crippen LogP contribution in [0.4, 0.5) is 4.39 Å². The number of phenols is 1. The zero-order valence-electron chi connectivity index (χ0n) is 10.2. The fourth-order valence-corrected chi connectivity index (χ4v) is 1.88. The first-order valence-electron chi connectivity index (χ1n) is 5.92. The van der Waals surface area contributed by atoms with Gasteiger partial charge in [-0.15, -0.1) is 0 Å². The van der Waals surface area contributed by atoms with E-state index < -0.39 is 0 Å². The molecule has 3 heteroatoms. The van der Waals surface area contributed by atoms with Crippen LogP contribution in [0.25, 0.3) is 0 Å². The zero-order valence-corrected chi connectivity index (χ0v) is 10.2. The summed E-state index contributed by atoms with van der Waals surface area (Å²) in [6.45, 7) is 2.53. The summed E-state index contributed by atoms with van der Waals surface area (Å²) >= 11 is 0. The van der Waals surface area contributed by atoms with Gasteiger partial charge in [0.05, 0.1) is 0 Å². The summed E-state index contributed by atoms with van der Waals surface area (Å²) in [5.74, 6) is 0.0428. The van der Waals surface area contributed by atoms with E-state index in [2.05, 4.69) is 5.32 Å². The van der Waals surface area contributed by atoms with Crippen molar-refractivity contribution in [2.75, 3.05) is 0 Å². The lowest BCUT2D eigenvalue weighted by molar-refractivity contribution is 0.452. The highest BCUT2D eigenvalue weighted by atomic mass is 19.1. The molecule has 18 heavy (non-hydrogen) atoms. The highest BCUT2D eigenvalue weighted by Gasteiger charge is 2.08. The molecule has 0 aromatic heterocycles. The van der Waals surface area contributed by atoms with Gasteiger partial charge in [0.15, 0.2) is 0 Å². The Morgan fingerprint density at radius 3 is 2.67 bits per heavy atom. The lowest BCUT2D eigenvalue weighted by Crippen LogP contribution is -2.18. The van der Waals surface area contributed by atoms with Gasteiger partial charge >= 0.3 is 0 Å². The predicted octanol–water partition coefficient (Wildman–Crippen LogP) is 3.38. The van der Waals surface area contributed by atoms with Crippen LogP contribution in [0.1, 0.15) is 24.1 Å². The van der Waals surface area contributed by atoms with Crippen molar-refractivity contribution in [1.82, 2.24) is 5.32 Å². The molecule has 94 valence electrons. The highest BCUT2D eigenvalue weighted by Crippen LogP contribution is 2.23. The smallest absolute Gasteiger partial charge is 0.123 e. The third-order valence-electron chi connectivity index (χ3n) is 2.90. The maximum absolute atomic E-state index is 13.0. The summed E-state index contributed by atoms with van der Waals surface area (Å²) in [7, 11) is 0. The molecule has 0 aliphatic carbocycles. The number of phenolic OH excluding ortho intramolecular Hbond substituents is 1. The van der Waals surface area contributed by atoms with E-state index in [0.29, 0.717) is 6.54 Å². The number of benzene rings is 2. The Kier molecular flexibility index (Phi) is 3.95. The molecule has 0 amide bonds. The average molecular weight is 245 g/mol. The van der Waals surface area contributed by atoms with Crippen LogP contribution >= 0.6 is 0 Å². The standard InChI is InChI=1S/C15H16FNO/c1-11(14-7-2-3-8-15(14)18)17-10-12-5-4-6-13(16)9-12/h2-9,11,17-18H,10H2,1H3. The number of rotatable bonds is 4. The molecule has 2 rings (SSSR count). The molecule has 0 saturated carbocycles. The molecule has 0 radical (unpaired) electrons. The van der Waals surface area contributed by atoms with Gasteiger partial charge in [-0.3, -0.25) is 0 Å². The van der Waals surface area contributed by atoms with Crippen molar-refractivity contribution in [1.29, 1.82) is 0 Å². The van der Waals surface area contributed by atoms with Crippen molar-refractivity contribution in [2.24, 2.45) is 0 Å². The lowest BCUT2D eigenvalue weighted by Gasteiger charge is -2.15. The van der Waals surface area contributed by atoms with Crippen molar-refractivity contribution in [2.45, 2.75) is 19.5 Å². The molecule has 0 fully saturated rings. The third-order valence-corrected chi connectivity index (χ3v) is 2.90. The summed E-state index contributed by atoms with van der Waals surface area (Å²) in [4.78, 5) is 0. The van der Waals surface area contributed by atoms with Gasteiger partial charge in [-0.2, -0.15) is 0 Å². The van der Waals surface area contributed by atoms with Crippen LogP contribution in [0.15, 0.2) is 48.5 Å². The molecule has 0 saturated heterocycles. The van der Waals surface area contributed by atoms with Crippen LogP contribution in [0.3, 0.4) is 0 Å². The second-order valence-electron chi connectivity index (χ2n) is 4.29. The molecular weight excluding hydrogens is 229 g/mol. The first-order chi connectivity index (χ1) is 8.66. The van der Waals surface area contributed by atoms with Gasteiger partial charge in [-0.1, -0.05) is 30.3 Å². The molecular formula is C15H16FNO. The normalized spacial score (nSPS) is 12.3. The summed E-state index contributed by atoms with van der Waals surface area (Å²) in [6.07, 6.45) is 0. The fraction of sp³-hybridized carbons (Fsp3) is 0.200. The van der Waals surface area contributed by atoms with Crippen molar-refractivity contribution in [3.63, 3.8) is 0 Å². The minimum absolute atomic E-state index is 0.00877. The van der Waals surface area contributed by atoms with Crippen molar-refractivity contribution < 1.29 is 9.50 Å². The van der Waals surface area contributed by atoms with E-state index in [-0.39, 0.29) is 17.6 Å². The minimum atomic E-state index is -0.232. The third kappa shape index (κ3) is 3.08. The first-order valence-corrected chi connectivity index (χ1v) is 5.92. The Bertz CT molecular complexity index is 527. The Morgan fingerprint density at radius 2 is 1.94 bits per heavy atom. The van der Waals surface area contributed by atoms with E-state index in [1.165, 1.54) is 12.1 Å². The summed E-state index contributed by atoms with van der Waals surface area (Å²) in [5, 5.41) is 13.0. The minimum Gasteiger partial charge on any atom is -0.508 e. The number of aromatic hydroxyl groups is 1. The fourth-order valence-electron chi connectivity index (χ4n) is 1.88. The molecule has 0 heterocycles. The van der Waals surface area contributed by atoms with Gasteiger partial charge in [0.1, 0.15) is 11.6 Å². The second-order valence-corrected chi connectivity index (χ2v) is 4.29. The average Bonchev–Trinajstić information content (AvgIpc) is 2.37. The van der Waals surface area contributed by atoms with E-state index in [0.717, 1.165) is 11.1 Å². The van der Waals surface area contributed by atoms with Crippen LogP contribution < -0.4 is 5.32 Å². The molecule has 0 aliphatic heterocycles. The molecule has 1 atom stereocenters. The Morgan fingerprint density at radius 1 is 1.17 bits per heavy atom. The Balaban J connectivity index is 2.00. The van der Waals surface area contributed by atoms with Gasteiger partial charge in [0.2, 0.25) is 0 Å². The van der Waals surface area contributed by atoms with Crippen LogP contribution in [-0.2, 0) is 6.54 Å². The maximum Gasteiger partial charge on any atom is 0.123 e.